The molecule has 0 saturated carbocycles. The largest absolute Gasteiger partial charge is 0.282 e. The summed E-state index contributed by atoms with van der Waals surface area (Å²) in [7, 11) is 0. The topological polar surface area (TPSA) is 47.8 Å². The van der Waals surface area contributed by atoms with E-state index in [0.29, 0.717) is 22.2 Å². The van der Waals surface area contributed by atoms with Crippen LogP contribution in [0.2, 0.25) is 0 Å². The van der Waals surface area contributed by atoms with Crippen LogP contribution in [0.15, 0.2) is 58.4 Å². The molecular weight excluding hydrogens is 302 g/mol. The van der Waals surface area contributed by atoms with Crippen LogP contribution < -0.4 is 5.56 Å². The Balaban J connectivity index is 1.98. The Morgan fingerprint density at radius 3 is 3.05 bits per heavy atom. The van der Waals surface area contributed by atoms with Gasteiger partial charge in [0.2, 0.25) is 0 Å². The first-order valence-electron chi connectivity index (χ1n) is 6.41. The van der Waals surface area contributed by atoms with Crippen molar-refractivity contribution in [3.8, 4) is 0 Å². The van der Waals surface area contributed by atoms with Gasteiger partial charge in [-0.3, -0.25) is 14.3 Å². The zero-order valence-corrected chi connectivity index (χ0v) is 12.9. The number of fused-ring (bicyclic) bond motifs is 1. The predicted molar refractivity (Wildman–Crippen MR) is 87.9 cm³/mol. The highest BCUT2D eigenvalue weighted by molar-refractivity contribution is 7.98. The molecule has 0 unspecified atom stereocenters. The van der Waals surface area contributed by atoms with Gasteiger partial charge in [0.1, 0.15) is 4.70 Å². The van der Waals surface area contributed by atoms with Crippen molar-refractivity contribution in [2.75, 3.05) is 0 Å². The summed E-state index contributed by atoms with van der Waals surface area (Å²) in [4.78, 5) is 21.3. The fraction of sp³-hybridized carbons (Fsp3) is 0.133. The normalized spacial score (nSPS) is 10.9. The predicted octanol–water partition coefficient (Wildman–Crippen LogP) is 3.33. The minimum absolute atomic E-state index is 0.00146. The summed E-state index contributed by atoms with van der Waals surface area (Å²) in [5.74, 6) is 0.681. The first-order valence-corrected chi connectivity index (χ1v) is 8.28. The molecule has 3 aromatic heterocycles. The first kappa shape index (κ1) is 14.0. The summed E-state index contributed by atoms with van der Waals surface area (Å²) >= 11 is 2.94. The molecule has 0 fully saturated rings. The van der Waals surface area contributed by atoms with Gasteiger partial charge < -0.3 is 0 Å². The van der Waals surface area contributed by atoms with E-state index in [-0.39, 0.29) is 5.56 Å². The van der Waals surface area contributed by atoms with Crippen molar-refractivity contribution in [2.45, 2.75) is 17.5 Å². The Morgan fingerprint density at radius 2 is 2.29 bits per heavy atom. The monoisotopic (exact) mass is 315 g/mol. The zero-order valence-electron chi connectivity index (χ0n) is 11.2. The number of thiophene rings is 1. The lowest BCUT2D eigenvalue weighted by atomic mass is 10.4. The van der Waals surface area contributed by atoms with Crippen molar-refractivity contribution in [3.05, 3.63) is 64.5 Å². The van der Waals surface area contributed by atoms with E-state index >= 15 is 0 Å². The molecule has 4 nitrogen and oxygen atoms in total. The smallest absolute Gasteiger partial charge is 0.272 e. The number of pyridine rings is 1. The average Bonchev–Trinajstić information content (AvgIpc) is 2.98. The third-order valence-corrected chi connectivity index (χ3v) is 4.82. The molecule has 0 spiro atoms. The molecule has 3 heterocycles. The molecule has 0 radical (unpaired) electrons. The molecule has 6 heteroatoms. The number of hydrogen-bond acceptors (Lipinski definition) is 5. The number of nitrogens with zero attached hydrogens (tertiary/aromatic N) is 3. The first-order chi connectivity index (χ1) is 10.3. The van der Waals surface area contributed by atoms with E-state index in [1.807, 2.05) is 29.6 Å². The van der Waals surface area contributed by atoms with E-state index in [2.05, 4.69) is 16.5 Å². The Hall–Kier alpha value is -1.92. The maximum Gasteiger partial charge on any atom is 0.272 e. The SMILES string of the molecule is C=CCn1c(SCc2ccccn2)nc2ccsc2c1=O. The Labute approximate surface area is 130 Å². The average molecular weight is 315 g/mol. The van der Waals surface area contributed by atoms with Crippen LogP contribution in [0.5, 0.6) is 0 Å². The lowest BCUT2D eigenvalue weighted by Gasteiger charge is -2.09. The summed E-state index contributed by atoms with van der Waals surface area (Å²) in [6, 6.07) is 7.68. The second kappa shape index (κ2) is 6.24. The highest BCUT2D eigenvalue weighted by atomic mass is 32.2. The third kappa shape index (κ3) is 2.91. The quantitative estimate of drug-likeness (QED) is 0.412. The van der Waals surface area contributed by atoms with E-state index in [0.717, 1.165) is 11.2 Å². The van der Waals surface area contributed by atoms with Gasteiger partial charge in [0, 0.05) is 18.5 Å². The highest BCUT2D eigenvalue weighted by Crippen LogP contribution is 2.23. The molecule has 0 aliphatic carbocycles. The summed E-state index contributed by atoms with van der Waals surface area (Å²) < 4.78 is 2.36. The Morgan fingerprint density at radius 1 is 1.38 bits per heavy atom. The van der Waals surface area contributed by atoms with Gasteiger partial charge in [-0.25, -0.2) is 4.98 Å². The minimum Gasteiger partial charge on any atom is -0.282 e. The second-order valence-corrected chi connectivity index (χ2v) is 6.20. The van der Waals surface area contributed by atoms with Crippen molar-refractivity contribution >= 4 is 33.3 Å². The number of aromatic nitrogens is 3. The second-order valence-electron chi connectivity index (χ2n) is 4.34. The molecular formula is C15H13N3OS2. The van der Waals surface area contributed by atoms with Crippen molar-refractivity contribution in [1.29, 1.82) is 0 Å². The minimum atomic E-state index is -0.00146. The lowest BCUT2D eigenvalue weighted by molar-refractivity contribution is 0.672. The molecule has 0 saturated heterocycles. The fourth-order valence-electron chi connectivity index (χ4n) is 1.95. The summed E-state index contributed by atoms with van der Waals surface area (Å²) in [6.07, 6.45) is 3.48. The van der Waals surface area contributed by atoms with Gasteiger partial charge in [-0.2, -0.15) is 0 Å². The number of hydrogen-bond donors (Lipinski definition) is 0. The fourth-order valence-corrected chi connectivity index (χ4v) is 3.65. The van der Waals surface area contributed by atoms with Crippen LogP contribution in [0.25, 0.3) is 10.2 Å². The van der Waals surface area contributed by atoms with Crippen LogP contribution in [0.1, 0.15) is 5.69 Å². The van der Waals surface area contributed by atoms with E-state index in [9.17, 15) is 4.79 Å². The van der Waals surface area contributed by atoms with Crippen LogP contribution in [0.4, 0.5) is 0 Å². The highest BCUT2D eigenvalue weighted by Gasteiger charge is 2.12. The standard InChI is InChI=1S/C15H13N3OS2/c1-2-8-18-14(19)13-12(6-9-20-13)17-15(18)21-10-11-5-3-4-7-16-11/h2-7,9H,1,8,10H2. The van der Waals surface area contributed by atoms with Crippen LogP contribution in [0.3, 0.4) is 0 Å². The van der Waals surface area contributed by atoms with Crippen molar-refractivity contribution in [3.63, 3.8) is 0 Å². The van der Waals surface area contributed by atoms with Gasteiger partial charge in [0.05, 0.1) is 11.2 Å². The third-order valence-electron chi connectivity index (χ3n) is 2.92. The van der Waals surface area contributed by atoms with Gasteiger partial charge >= 0.3 is 0 Å². The molecule has 0 amide bonds. The molecule has 0 N–H and O–H groups in total. The molecule has 3 rings (SSSR count). The van der Waals surface area contributed by atoms with Crippen molar-refractivity contribution in [2.24, 2.45) is 0 Å². The Bertz CT molecular complexity index is 824. The van der Waals surface area contributed by atoms with E-state index in [1.54, 1.807) is 16.8 Å². The molecule has 21 heavy (non-hydrogen) atoms. The van der Waals surface area contributed by atoms with Gasteiger partial charge in [0.15, 0.2) is 5.16 Å². The summed E-state index contributed by atoms with van der Waals surface area (Å²) in [6.45, 7) is 4.18. The summed E-state index contributed by atoms with van der Waals surface area (Å²) in [5, 5.41) is 2.60. The van der Waals surface area contributed by atoms with Gasteiger partial charge in [-0.05, 0) is 23.6 Å². The van der Waals surface area contributed by atoms with E-state index in [1.165, 1.54) is 23.1 Å². The zero-order chi connectivity index (χ0) is 14.7. The van der Waals surface area contributed by atoms with Crippen LogP contribution >= 0.6 is 23.1 Å². The lowest BCUT2D eigenvalue weighted by Crippen LogP contribution is -2.21. The van der Waals surface area contributed by atoms with Crippen LogP contribution in [-0.2, 0) is 12.3 Å². The van der Waals surface area contributed by atoms with Gasteiger partial charge in [-0.15, -0.1) is 17.9 Å². The molecule has 106 valence electrons. The molecule has 0 bridgehead atoms. The van der Waals surface area contributed by atoms with Crippen LogP contribution in [-0.4, -0.2) is 14.5 Å². The van der Waals surface area contributed by atoms with Crippen molar-refractivity contribution in [1.82, 2.24) is 14.5 Å². The summed E-state index contributed by atoms with van der Waals surface area (Å²) in [5.41, 5.74) is 1.72. The van der Waals surface area contributed by atoms with Gasteiger partial charge in [-0.1, -0.05) is 23.9 Å². The number of allylic oxidation sites excluding steroid dienone is 1. The molecule has 0 aliphatic rings. The molecule has 0 aliphatic heterocycles. The van der Waals surface area contributed by atoms with Crippen molar-refractivity contribution < 1.29 is 0 Å². The maximum atomic E-state index is 12.5. The molecule has 0 atom stereocenters. The van der Waals surface area contributed by atoms with Crippen LogP contribution in [0, 0.1) is 0 Å². The number of thioether (sulfide) groups is 1. The Kier molecular flexibility index (Phi) is 4.17. The van der Waals surface area contributed by atoms with E-state index in [4.69, 9.17) is 0 Å². The van der Waals surface area contributed by atoms with Gasteiger partial charge in [0.25, 0.3) is 5.56 Å². The maximum absolute atomic E-state index is 12.5. The van der Waals surface area contributed by atoms with E-state index < -0.39 is 0 Å². The molecule has 3 aromatic rings. The number of rotatable bonds is 5. The molecule has 0 aromatic carbocycles.